The van der Waals surface area contributed by atoms with E-state index >= 15 is 0 Å². The van der Waals surface area contributed by atoms with Gasteiger partial charge in [0.25, 0.3) is 0 Å². The van der Waals surface area contributed by atoms with E-state index in [0.29, 0.717) is 5.69 Å². The van der Waals surface area contributed by atoms with Crippen LogP contribution in [0.2, 0.25) is 0 Å². The minimum Gasteiger partial charge on any atom is -0.497 e. The van der Waals surface area contributed by atoms with Gasteiger partial charge in [-0.15, -0.1) is 0 Å². The van der Waals surface area contributed by atoms with Gasteiger partial charge in [-0.05, 0) is 42.5 Å². The van der Waals surface area contributed by atoms with E-state index in [0.717, 1.165) is 17.0 Å². The predicted molar refractivity (Wildman–Crippen MR) is 109 cm³/mol. The van der Waals surface area contributed by atoms with Crippen LogP contribution in [0.3, 0.4) is 0 Å². The average molecular weight is 411 g/mol. The van der Waals surface area contributed by atoms with E-state index in [1.165, 1.54) is 18.5 Å². The first kappa shape index (κ1) is 20.5. The quantitative estimate of drug-likeness (QED) is 0.612. The Kier molecular flexibility index (Phi) is 6.56. The summed E-state index contributed by atoms with van der Waals surface area (Å²) in [5.74, 6) is 0.152. The van der Waals surface area contributed by atoms with Gasteiger partial charge in [0.2, 0.25) is 5.91 Å². The standard InChI is InChI=1S/C21H21N3O4S/c1-28-18-9-7-16(8-10-18)20-13-17(23-15-24-20)14-22-21(25)11-12-29(26,27)19-5-3-2-4-6-19/h2-10,13,15H,11-12,14H2,1H3,(H,22,25). The second-order valence-corrected chi connectivity index (χ2v) is 8.39. The molecule has 0 unspecified atom stereocenters. The second-order valence-electron chi connectivity index (χ2n) is 6.28. The highest BCUT2D eigenvalue weighted by molar-refractivity contribution is 7.91. The summed E-state index contributed by atoms with van der Waals surface area (Å²) in [4.78, 5) is 20.7. The van der Waals surface area contributed by atoms with Gasteiger partial charge in [-0.25, -0.2) is 18.4 Å². The van der Waals surface area contributed by atoms with Crippen LogP contribution in [0.1, 0.15) is 12.1 Å². The van der Waals surface area contributed by atoms with Crippen LogP contribution in [0.15, 0.2) is 71.9 Å². The van der Waals surface area contributed by atoms with Gasteiger partial charge in [0.15, 0.2) is 9.84 Å². The highest BCUT2D eigenvalue weighted by atomic mass is 32.2. The zero-order valence-electron chi connectivity index (χ0n) is 15.9. The maximum atomic E-state index is 12.2. The number of hydrogen-bond acceptors (Lipinski definition) is 6. The zero-order valence-corrected chi connectivity index (χ0v) is 16.7. The molecule has 2 aromatic carbocycles. The molecule has 150 valence electrons. The fourth-order valence-corrected chi connectivity index (χ4v) is 3.93. The van der Waals surface area contributed by atoms with Crippen molar-refractivity contribution in [2.24, 2.45) is 0 Å². The summed E-state index contributed by atoms with van der Waals surface area (Å²) in [6.07, 6.45) is 1.31. The zero-order chi connectivity index (χ0) is 20.7. The lowest BCUT2D eigenvalue weighted by molar-refractivity contribution is -0.120. The minimum absolute atomic E-state index is 0.117. The molecule has 3 rings (SSSR count). The number of hydrogen-bond donors (Lipinski definition) is 1. The van der Waals surface area contributed by atoms with Gasteiger partial charge in [0, 0.05) is 12.0 Å². The van der Waals surface area contributed by atoms with Crippen LogP contribution < -0.4 is 10.1 Å². The van der Waals surface area contributed by atoms with Crippen LogP contribution >= 0.6 is 0 Å². The lowest BCUT2D eigenvalue weighted by Crippen LogP contribution is -2.25. The number of carbonyl (C=O) groups is 1. The summed E-state index contributed by atoms with van der Waals surface area (Å²) in [5, 5.41) is 2.71. The van der Waals surface area contributed by atoms with E-state index in [9.17, 15) is 13.2 Å². The molecule has 0 fully saturated rings. The first-order chi connectivity index (χ1) is 14.0. The molecule has 0 bridgehead atoms. The molecule has 0 spiro atoms. The molecule has 29 heavy (non-hydrogen) atoms. The molecular weight excluding hydrogens is 390 g/mol. The Labute approximate surface area is 169 Å². The van der Waals surface area contributed by atoms with Gasteiger partial charge < -0.3 is 10.1 Å². The SMILES string of the molecule is COc1ccc(-c2cc(CNC(=O)CCS(=O)(=O)c3ccccc3)ncn2)cc1. The smallest absolute Gasteiger partial charge is 0.221 e. The molecule has 0 radical (unpaired) electrons. The Morgan fingerprint density at radius 2 is 1.76 bits per heavy atom. The van der Waals surface area contributed by atoms with E-state index in [-0.39, 0.29) is 29.5 Å². The van der Waals surface area contributed by atoms with Crippen molar-refractivity contribution in [3.8, 4) is 17.0 Å². The molecule has 0 saturated carbocycles. The molecule has 1 amide bonds. The summed E-state index contributed by atoms with van der Waals surface area (Å²) < 4.78 is 29.6. The van der Waals surface area contributed by atoms with E-state index in [1.807, 2.05) is 24.3 Å². The number of carbonyl (C=O) groups excluding carboxylic acids is 1. The molecule has 7 nitrogen and oxygen atoms in total. The number of nitrogens with one attached hydrogen (secondary N) is 1. The normalized spacial score (nSPS) is 11.1. The maximum Gasteiger partial charge on any atom is 0.221 e. The predicted octanol–water partition coefficient (Wildman–Crippen LogP) is 2.63. The number of sulfone groups is 1. The molecule has 0 aliphatic carbocycles. The van der Waals surface area contributed by atoms with E-state index in [2.05, 4.69) is 15.3 Å². The summed E-state index contributed by atoms with van der Waals surface area (Å²) in [6, 6.07) is 17.3. The van der Waals surface area contributed by atoms with Crippen molar-refractivity contribution in [3.63, 3.8) is 0 Å². The number of benzene rings is 2. The monoisotopic (exact) mass is 411 g/mol. The number of amides is 1. The highest BCUT2D eigenvalue weighted by Crippen LogP contribution is 2.20. The maximum absolute atomic E-state index is 12.2. The summed E-state index contributed by atoms with van der Waals surface area (Å²) in [5.41, 5.74) is 2.25. The number of methoxy groups -OCH3 is 1. The van der Waals surface area contributed by atoms with Gasteiger partial charge in [0.1, 0.15) is 12.1 Å². The fraction of sp³-hybridized carbons (Fsp3) is 0.190. The van der Waals surface area contributed by atoms with Crippen molar-refractivity contribution >= 4 is 15.7 Å². The van der Waals surface area contributed by atoms with Gasteiger partial charge in [-0.2, -0.15) is 0 Å². The molecule has 0 aliphatic rings. The van der Waals surface area contributed by atoms with E-state index in [4.69, 9.17) is 4.74 Å². The largest absolute Gasteiger partial charge is 0.497 e. The number of rotatable bonds is 8. The molecule has 0 aliphatic heterocycles. The van der Waals surface area contributed by atoms with E-state index in [1.54, 1.807) is 31.4 Å². The average Bonchev–Trinajstić information content (AvgIpc) is 2.77. The lowest BCUT2D eigenvalue weighted by atomic mass is 10.1. The summed E-state index contributed by atoms with van der Waals surface area (Å²) >= 11 is 0. The second kappa shape index (κ2) is 9.29. The minimum atomic E-state index is -3.48. The van der Waals surface area contributed by atoms with Gasteiger partial charge in [-0.1, -0.05) is 18.2 Å². The van der Waals surface area contributed by atoms with Crippen molar-refractivity contribution in [2.45, 2.75) is 17.9 Å². The van der Waals surface area contributed by atoms with Crippen molar-refractivity contribution in [2.75, 3.05) is 12.9 Å². The number of ether oxygens (including phenoxy) is 1. The van der Waals surface area contributed by atoms with Crippen LogP contribution in [0.5, 0.6) is 5.75 Å². The summed E-state index contributed by atoms with van der Waals surface area (Å²) in [6.45, 7) is 0.190. The molecule has 3 aromatic rings. The van der Waals surface area contributed by atoms with Crippen LogP contribution in [0.25, 0.3) is 11.3 Å². The Bertz CT molecular complexity index is 1070. The van der Waals surface area contributed by atoms with Crippen molar-refractivity contribution < 1.29 is 17.9 Å². The van der Waals surface area contributed by atoms with Crippen molar-refractivity contribution in [1.82, 2.24) is 15.3 Å². The number of nitrogens with zero attached hydrogens (tertiary/aromatic N) is 2. The third-order valence-corrected chi connectivity index (χ3v) is 6.01. The molecule has 0 atom stereocenters. The van der Waals surface area contributed by atoms with Gasteiger partial charge >= 0.3 is 0 Å². The Balaban J connectivity index is 1.56. The summed E-state index contributed by atoms with van der Waals surface area (Å²) in [7, 11) is -1.88. The Morgan fingerprint density at radius 3 is 2.45 bits per heavy atom. The van der Waals surface area contributed by atoms with Gasteiger partial charge in [0.05, 0.1) is 35.7 Å². The molecule has 8 heteroatoms. The van der Waals surface area contributed by atoms with Gasteiger partial charge in [-0.3, -0.25) is 4.79 Å². The third kappa shape index (κ3) is 5.61. The topological polar surface area (TPSA) is 98.2 Å². The first-order valence-electron chi connectivity index (χ1n) is 8.98. The van der Waals surface area contributed by atoms with Crippen LogP contribution in [-0.2, 0) is 21.2 Å². The van der Waals surface area contributed by atoms with Crippen LogP contribution in [-0.4, -0.2) is 37.2 Å². The third-order valence-electron chi connectivity index (χ3n) is 4.28. The molecule has 1 aromatic heterocycles. The first-order valence-corrected chi connectivity index (χ1v) is 10.6. The van der Waals surface area contributed by atoms with E-state index < -0.39 is 9.84 Å². The Hall–Kier alpha value is -3.26. The molecule has 1 N–H and O–H groups in total. The number of aromatic nitrogens is 2. The molecule has 1 heterocycles. The molecular formula is C21H21N3O4S. The Morgan fingerprint density at radius 1 is 1.03 bits per heavy atom. The highest BCUT2D eigenvalue weighted by Gasteiger charge is 2.16. The lowest BCUT2D eigenvalue weighted by Gasteiger charge is -2.08. The van der Waals surface area contributed by atoms with Crippen molar-refractivity contribution in [3.05, 3.63) is 72.7 Å². The van der Waals surface area contributed by atoms with Crippen molar-refractivity contribution in [1.29, 1.82) is 0 Å². The molecule has 0 saturated heterocycles. The fourth-order valence-electron chi connectivity index (χ4n) is 2.66. The van der Waals surface area contributed by atoms with Crippen LogP contribution in [0, 0.1) is 0 Å². The van der Waals surface area contributed by atoms with Crippen LogP contribution in [0.4, 0.5) is 0 Å².